The van der Waals surface area contributed by atoms with Crippen molar-refractivity contribution < 1.29 is 29.3 Å². The van der Waals surface area contributed by atoms with Crippen molar-refractivity contribution in [1.82, 2.24) is 29.7 Å². The van der Waals surface area contributed by atoms with Crippen LogP contribution in [0.2, 0.25) is 0 Å². The van der Waals surface area contributed by atoms with Crippen molar-refractivity contribution in [2.45, 2.75) is 89.9 Å². The van der Waals surface area contributed by atoms with Crippen LogP contribution in [0, 0.1) is 11.8 Å². The van der Waals surface area contributed by atoms with Crippen molar-refractivity contribution in [3.05, 3.63) is 71.4 Å². The molecule has 2 aromatic heterocycles. The molecule has 12 nitrogen and oxygen atoms in total. The van der Waals surface area contributed by atoms with Crippen molar-refractivity contribution in [2.75, 3.05) is 13.1 Å². The van der Waals surface area contributed by atoms with Gasteiger partial charge in [0.25, 0.3) is 0 Å². The Balaban J connectivity index is 1.14. The summed E-state index contributed by atoms with van der Waals surface area (Å²) in [6.07, 6.45) is 0.216. The van der Waals surface area contributed by atoms with Gasteiger partial charge in [-0.25, -0.2) is 19.6 Å². The van der Waals surface area contributed by atoms with Gasteiger partial charge in [-0.05, 0) is 78.3 Å². The number of fused-ring (bicyclic) bond motifs is 1. The number of carbonyl (C=O) groups excluding carboxylic acids is 2. The van der Waals surface area contributed by atoms with E-state index >= 15 is 0 Å². The molecule has 0 unspecified atom stereocenters. The minimum Gasteiger partial charge on any atom is -0.444 e. The molecule has 4 atom stereocenters. The molecular weight excluding hydrogens is 612 g/mol. The Bertz CT molecular complexity index is 1870. The van der Waals surface area contributed by atoms with Crippen molar-refractivity contribution in [3.8, 4) is 23.1 Å². The van der Waals surface area contributed by atoms with Crippen LogP contribution in [0.5, 0.6) is 0 Å². The second-order valence-electron chi connectivity index (χ2n) is 14.4. The highest BCUT2D eigenvalue weighted by molar-refractivity contribution is 5.77. The maximum absolute atomic E-state index is 12.8. The lowest BCUT2D eigenvalue weighted by atomic mass is 10.1. The van der Waals surface area contributed by atoms with Crippen LogP contribution in [0.1, 0.15) is 89.2 Å². The van der Waals surface area contributed by atoms with E-state index in [0.717, 1.165) is 22.2 Å². The summed E-state index contributed by atoms with van der Waals surface area (Å²) in [5, 5.41) is 21.0. The summed E-state index contributed by atoms with van der Waals surface area (Å²) < 4.78 is 11.1. The number of benzene rings is 2. The second kappa shape index (κ2) is 12.6. The molecule has 48 heavy (non-hydrogen) atoms. The molecule has 2 aliphatic heterocycles. The predicted octanol–water partition coefficient (Wildman–Crippen LogP) is 5.44. The molecule has 6 rings (SSSR count). The summed E-state index contributed by atoms with van der Waals surface area (Å²) in [6, 6.07) is 12.3. The molecule has 0 spiro atoms. The van der Waals surface area contributed by atoms with Crippen LogP contribution in [-0.4, -0.2) is 88.6 Å². The first-order valence-corrected chi connectivity index (χ1v) is 16.2. The molecule has 4 aromatic rings. The fourth-order valence-electron chi connectivity index (χ4n) is 5.99. The number of imidazole rings is 2. The molecule has 2 amide bonds. The van der Waals surface area contributed by atoms with Gasteiger partial charge in [0.15, 0.2) is 0 Å². The van der Waals surface area contributed by atoms with Gasteiger partial charge >= 0.3 is 12.2 Å². The number of H-pyrrole nitrogens is 2. The number of aliphatic hydroxyl groups is 2. The van der Waals surface area contributed by atoms with Crippen LogP contribution in [0.15, 0.2) is 48.7 Å². The zero-order valence-corrected chi connectivity index (χ0v) is 28.1. The van der Waals surface area contributed by atoms with E-state index < -0.39 is 47.7 Å². The summed E-state index contributed by atoms with van der Waals surface area (Å²) in [5.74, 6) is 7.49. The monoisotopic (exact) mass is 654 g/mol. The summed E-state index contributed by atoms with van der Waals surface area (Å²) in [5.41, 5.74) is 3.37. The average molecular weight is 655 g/mol. The van der Waals surface area contributed by atoms with Gasteiger partial charge in [-0.3, -0.25) is 9.80 Å². The number of amides is 2. The maximum Gasteiger partial charge on any atom is 0.411 e. The SMILES string of the molecule is CC(C)(C)OC(=O)N1CC[C@@H](O)[C@H]1c1nc(-c2ccc(C#Cc3ccc4[nH]c([C@@H]5C[C@@H](O)CN5C(=O)OC(C)(C)C)nc4c3)cc2)c[nH]1. The molecule has 4 N–H and O–H groups in total. The quantitative estimate of drug-likeness (QED) is 0.213. The fourth-order valence-corrected chi connectivity index (χ4v) is 5.99. The van der Waals surface area contributed by atoms with E-state index in [0.29, 0.717) is 42.2 Å². The van der Waals surface area contributed by atoms with Gasteiger partial charge in [0.2, 0.25) is 0 Å². The van der Waals surface area contributed by atoms with E-state index in [-0.39, 0.29) is 6.54 Å². The highest BCUT2D eigenvalue weighted by Gasteiger charge is 2.41. The maximum atomic E-state index is 12.8. The van der Waals surface area contributed by atoms with Crippen molar-refractivity contribution in [1.29, 1.82) is 0 Å². The summed E-state index contributed by atoms with van der Waals surface area (Å²) >= 11 is 0. The molecule has 2 saturated heterocycles. The first kappa shape index (κ1) is 33.1. The number of aromatic nitrogens is 4. The zero-order chi connectivity index (χ0) is 34.4. The van der Waals surface area contributed by atoms with Crippen LogP contribution in [0.3, 0.4) is 0 Å². The van der Waals surface area contributed by atoms with Crippen molar-refractivity contribution >= 4 is 23.2 Å². The van der Waals surface area contributed by atoms with Crippen LogP contribution >= 0.6 is 0 Å². The summed E-state index contributed by atoms with van der Waals surface area (Å²) in [6.45, 7) is 11.4. The lowest BCUT2D eigenvalue weighted by Crippen LogP contribution is -2.38. The van der Waals surface area contributed by atoms with Crippen LogP contribution in [-0.2, 0) is 9.47 Å². The smallest absolute Gasteiger partial charge is 0.411 e. The number of rotatable bonds is 3. The number of aromatic amines is 2. The van der Waals surface area contributed by atoms with Gasteiger partial charge in [0.1, 0.15) is 28.9 Å². The molecule has 252 valence electrons. The van der Waals surface area contributed by atoms with Gasteiger partial charge < -0.3 is 29.7 Å². The van der Waals surface area contributed by atoms with E-state index in [2.05, 4.69) is 21.8 Å². The third-order valence-electron chi connectivity index (χ3n) is 8.13. The Morgan fingerprint density at radius 2 is 1.52 bits per heavy atom. The molecule has 12 heteroatoms. The number of hydrogen-bond acceptors (Lipinski definition) is 8. The summed E-state index contributed by atoms with van der Waals surface area (Å²) in [4.78, 5) is 44.5. The molecule has 0 aliphatic carbocycles. The van der Waals surface area contributed by atoms with E-state index in [9.17, 15) is 19.8 Å². The minimum absolute atomic E-state index is 0.184. The normalized spacial score (nSPS) is 21.3. The Kier molecular flexibility index (Phi) is 8.70. The molecule has 2 aliphatic rings. The highest BCUT2D eigenvalue weighted by Crippen LogP contribution is 2.34. The van der Waals surface area contributed by atoms with Gasteiger partial charge in [-0.15, -0.1) is 0 Å². The number of aliphatic hydroxyl groups excluding tert-OH is 2. The third kappa shape index (κ3) is 7.32. The molecular formula is C36H42N6O6. The number of ether oxygens (including phenoxy) is 2. The van der Waals surface area contributed by atoms with E-state index in [4.69, 9.17) is 19.4 Å². The highest BCUT2D eigenvalue weighted by atomic mass is 16.6. The molecule has 0 bridgehead atoms. The topological polar surface area (TPSA) is 157 Å². The van der Waals surface area contributed by atoms with E-state index in [1.54, 1.807) is 6.20 Å². The zero-order valence-electron chi connectivity index (χ0n) is 28.1. The van der Waals surface area contributed by atoms with Gasteiger partial charge in [0.05, 0.1) is 41.5 Å². The van der Waals surface area contributed by atoms with Gasteiger partial charge in [-0.2, -0.15) is 0 Å². The lowest BCUT2D eigenvalue weighted by Gasteiger charge is -2.28. The van der Waals surface area contributed by atoms with Gasteiger partial charge in [-0.1, -0.05) is 24.0 Å². The van der Waals surface area contributed by atoms with Crippen molar-refractivity contribution in [3.63, 3.8) is 0 Å². The third-order valence-corrected chi connectivity index (χ3v) is 8.13. The number of nitrogens with one attached hydrogen (secondary N) is 2. The number of hydrogen-bond donors (Lipinski definition) is 4. The van der Waals surface area contributed by atoms with Crippen LogP contribution in [0.25, 0.3) is 22.3 Å². The molecule has 2 aromatic carbocycles. The number of carbonyl (C=O) groups is 2. The second-order valence-corrected chi connectivity index (χ2v) is 14.4. The predicted molar refractivity (Wildman–Crippen MR) is 179 cm³/mol. The lowest BCUT2D eigenvalue weighted by molar-refractivity contribution is 0.0141. The fraction of sp³-hybridized carbons (Fsp3) is 0.444. The number of nitrogens with zero attached hydrogens (tertiary/aromatic N) is 4. The van der Waals surface area contributed by atoms with Crippen molar-refractivity contribution in [2.24, 2.45) is 0 Å². The minimum atomic E-state index is -0.746. The first-order chi connectivity index (χ1) is 22.6. The van der Waals surface area contributed by atoms with Crippen LogP contribution < -0.4 is 0 Å². The number of β-amino-alcohol motifs (C(OH)–C–C–N with tert-alkyl or cyclic N) is 1. The molecule has 0 saturated carbocycles. The van der Waals surface area contributed by atoms with Crippen LogP contribution in [0.4, 0.5) is 9.59 Å². The Morgan fingerprint density at radius 3 is 2.21 bits per heavy atom. The standard InChI is InChI=1S/C36H42N6O6/c1-35(2,3)47-33(45)41-16-15-29(44)30(41)32-37-19-27(40-32)23-12-9-21(10-13-23)7-8-22-11-14-25-26(17-22)39-31(38-25)28-18-24(43)20-42(28)34(46)48-36(4,5)6/h9-14,17,19,24,28-30,43-44H,15-16,18,20H2,1-6H3,(H,37,40)(H,38,39)/t24-,28+,29-,30+/m1/s1. The van der Waals surface area contributed by atoms with E-state index in [1.807, 2.05) is 84.0 Å². The van der Waals surface area contributed by atoms with E-state index in [1.165, 1.54) is 9.80 Å². The summed E-state index contributed by atoms with van der Waals surface area (Å²) in [7, 11) is 0. The molecule has 2 fully saturated rings. The average Bonchev–Trinajstić information content (AvgIpc) is 3.79. The Morgan fingerprint density at radius 1 is 0.875 bits per heavy atom. The largest absolute Gasteiger partial charge is 0.444 e. The molecule has 0 radical (unpaired) electrons. The Hall–Kier alpha value is -4.86. The Labute approximate surface area is 279 Å². The number of likely N-dealkylation sites (tertiary alicyclic amines) is 2. The first-order valence-electron chi connectivity index (χ1n) is 16.2. The van der Waals surface area contributed by atoms with Gasteiger partial charge in [0, 0.05) is 35.9 Å². The molecule has 4 heterocycles.